The van der Waals surface area contributed by atoms with E-state index in [0.29, 0.717) is 5.69 Å². The maximum Gasteiger partial charge on any atom is 0.516 e. The van der Waals surface area contributed by atoms with Gasteiger partial charge < -0.3 is 10.3 Å². The molecular formula is C12H10F3N3O4S. The highest BCUT2D eigenvalue weighted by molar-refractivity contribution is 7.93. The van der Waals surface area contributed by atoms with Gasteiger partial charge in [-0.25, -0.2) is 0 Å². The molecule has 0 fully saturated rings. The number of alkyl halides is 3. The van der Waals surface area contributed by atoms with Crippen LogP contribution in [-0.4, -0.2) is 24.8 Å². The average molecular weight is 349 g/mol. The minimum Gasteiger partial charge on any atom is -0.326 e. The number of halogens is 3. The maximum absolute atomic E-state index is 12.3. The predicted octanol–water partition coefficient (Wildman–Crippen LogP) is 1.75. The Kier molecular flexibility index (Phi) is 4.07. The molecule has 0 saturated carbocycles. The monoisotopic (exact) mass is 349 g/mol. The number of aromatic amines is 1. The molecule has 0 unspecified atom stereocenters. The molecule has 3 N–H and O–H groups in total. The quantitative estimate of drug-likeness (QED) is 0.784. The second kappa shape index (κ2) is 5.57. The summed E-state index contributed by atoms with van der Waals surface area (Å²) in [6.45, 7) is 1.28. The van der Waals surface area contributed by atoms with Crippen molar-refractivity contribution in [2.24, 2.45) is 0 Å². The fourth-order valence-electron chi connectivity index (χ4n) is 1.76. The molecule has 1 aromatic heterocycles. The second-order valence-corrected chi connectivity index (χ2v) is 6.22. The Bertz CT molecular complexity index is 935. The number of aromatic nitrogens is 1. The van der Waals surface area contributed by atoms with Crippen LogP contribution < -0.4 is 15.6 Å². The molecule has 0 radical (unpaired) electrons. The van der Waals surface area contributed by atoms with Gasteiger partial charge in [0.2, 0.25) is 5.91 Å². The number of fused-ring (bicyclic) bond motifs is 1. The van der Waals surface area contributed by atoms with Crippen LogP contribution in [0.2, 0.25) is 0 Å². The van der Waals surface area contributed by atoms with E-state index >= 15 is 0 Å². The molecule has 1 heterocycles. The van der Waals surface area contributed by atoms with E-state index in [9.17, 15) is 31.2 Å². The van der Waals surface area contributed by atoms with Crippen LogP contribution in [0.15, 0.2) is 29.1 Å². The van der Waals surface area contributed by atoms with E-state index in [-0.39, 0.29) is 16.8 Å². The number of hydrogen-bond acceptors (Lipinski definition) is 4. The Morgan fingerprint density at radius 2 is 1.87 bits per heavy atom. The van der Waals surface area contributed by atoms with Gasteiger partial charge >= 0.3 is 15.5 Å². The van der Waals surface area contributed by atoms with Gasteiger partial charge in [-0.2, -0.15) is 21.6 Å². The average Bonchev–Trinajstić information content (AvgIpc) is 2.37. The van der Waals surface area contributed by atoms with Crippen LogP contribution in [0.3, 0.4) is 0 Å². The first-order chi connectivity index (χ1) is 10.5. The molecule has 0 spiro atoms. The number of rotatable bonds is 3. The Morgan fingerprint density at radius 1 is 1.22 bits per heavy atom. The van der Waals surface area contributed by atoms with E-state index in [0.717, 1.165) is 6.07 Å². The SMILES string of the molecule is CC(=O)Nc1ccc2cc(NS(=O)(=O)C(F)(F)F)c(=O)[nH]c2c1. The summed E-state index contributed by atoms with van der Waals surface area (Å²) < 4.78 is 60.3. The number of benzene rings is 1. The minimum absolute atomic E-state index is 0.219. The number of carbonyl (C=O) groups excluding carboxylic acids is 1. The number of carbonyl (C=O) groups is 1. The normalized spacial score (nSPS) is 12.2. The molecule has 1 amide bonds. The van der Waals surface area contributed by atoms with Gasteiger partial charge in [0, 0.05) is 18.0 Å². The molecule has 124 valence electrons. The third-order valence-electron chi connectivity index (χ3n) is 2.72. The summed E-state index contributed by atoms with van der Waals surface area (Å²) in [5, 5.41) is 2.74. The summed E-state index contributed by atoms with van der Waals surface area (Å²) in [6.07, 6.45) is 0. The number of pyridine rings is 1. The van der Waals surface area contributed by atoms with E-state index in [1.54, 1.807) is 0 Å². The topological polar surface area (TPSA) is 108 Å². The van der Waals surface area contributed by atoms with Gasteiger partial charge in [-0.05, 0) is 18.2 Å². The summed E-state index contributed by atoms with van der Waals surface area (Å²) >= 11 is 0. The van der Waals surface area contributed by atoms with Gasteiger partial charge in [0.1, 0.15) is 5.69 Å². The van der Waals surface area contributed by atoms with E-state index in [2.05, 4.69) is 10.3 Å². The van der Waals surface area contributed by atoms with Gasteiger partial charge in [0.25, 0.3) is 5.56 Å². The molecule has 0 atom stereocenters. The fourth-order valence-corrected chi connectivity index (χ4v) is 2.32. The summed E-state index contributed by atoms with van der Waals surface area (Å²) in [6, 6.07) is 5.21. The summed E-state index contributed by atoms with van der Waals surface area (Å²) in [4.78, 5) is 24.9. The number of H-pyrrole nitrogens is 1. The molecule has 7 nitrogen and oxygen atoms in total. The minimum atomic E-state index is -5.69. The lowest BCUT2D eigenvalue weighted by Crippen LogP contribution is -2.32. The molecule has 11 heteroatoms. The largest absolute Gasteiger partial charge is 0.516 e. The lowest BCUT2D eigenvalue weighted by Gasteiger charge is -2.11. The van der Waals surface area contributed by atoms with Crippen molar-refractivity contribution in [3.05, 3.63) is 34.6 Å². The molecule has 0 aliphatic carbocycles. The van der Waals surface area contributed by atoms with Crippen molar-refractivity contribution in [3.63, 3.8) is 0 Å². The van der Waals surface area contributed by atoms with E-state index in [4.69, 9.17) is 0 Å². The molecule has 0 saturated heterocycles. The molecule has 0 aliphatic heterocycles. The van der Waals surface area contributed by atoms with Crippen molar-refractivity contribution in [1.29, 1.82) is 0 Å². The number of anilines is 2. The summed E-state index contributed by atoms with van der Waals surface area (Å²) in [5.74, 6) is -0.346. The van der Waals surface area contributed by atoms with Crippen LogP contribution in [0.1, 0.15) is 6.92 Å². The smallest absolute Gasteiger partial charge is 0.326 e. The second-order valence-electron chi connectivity index (χ2n) is 4.55. The third-order valence-corrected chi connectivity index (χ3v) is 3.81. The fraction of sp³-hybridized carbons (Fsp3) is 0.167. The first kappa shape index (κ1) is 16.8. The van der Waals surface area contributed by atoms with Gasteiger partial charge in [0.15, 0.2) is 0 Å². The molecule has 1 aromatic carbocycles. The van der Waals surface area contributed by atoms with Crippen molar-refractivity contribution in [2.75, 3.05) is 10.0 Å². The number of amides is 1. The van der Waals surface area contributed by atoms with Gasteiger partial charge in [0.05, 0.1) is 5.52 Å². The van der Waals surface area contributed by atoms with Crippen LogP contribution in [0, 0.1) is 0 Å². The zero-order valence-electron chi connectivity index (χ0n) is 11.5. The van der Waals surface area contributed by atoms with Gasteiger partial charge in [-0.3, -0.25) is 14.3 Å². The summed E-state index contributed by atoms with van der Waals surface area (Å²) in [7, 11) is -5.69. The van der Waals surface area contributed by atoms with Crippen molar-refractivity contribution in [3.8, 4) is 0 Å². The van der Waals surface area contributed by atoms with Crippen LogP contribution in [0.4, 0.5) is 24.5 Å². The van der Waals surface area contributed by atoms with Crippen molar-refractivity contribution < 1.29 is 26.4 Å². The standard InChI is InChI=1S/C12H10F3N3O4S/c1-6(19)16-8-3-2-7-4-10(11(20)17-9(7)5-8)18-23(21,22)12(13,14)15/h2-5,18H,1H3,(H,16,19)(H,17,20). The van der Waals surface area contributed by atoms with Crippen molar-refractivity contribution >= 4 is 38.2 Å². The highest BCUT2D eigenvalue weighted by Crippen LogP contribution is 2.25. The zero-order chi connectivity index (χ0) is 17.4. The third kappa shape index (κ3) is 3.62. The van der Waals surface area contributed by atoms with Crippen LogP contribution in [0.5, 0.6) is 0 Å². The number of nitrogens with one attached hydrogen (secondary N) is 3. The highest BCUT2D eigenvalue weighted by atomic mass is 32.2. The molecular weight excluding hydrogens is 339 g/mol. The van der Waals surface area contributed by atoms with Gasteiger partial charge in [-0.15, -0.1) is 0 Å². The van der Waals surface area contributed by atoms with Gasteiger partial charge in [-0.1, -0.05) is 6.07 Å². The van der Waals surface area contributed by atoms with Crippen molar-refractivity contribution in [1.82, 2.24) is 4.98 Å². The Morgan fingerprint density at radius 3 is 2.43 bits per heavy atom. The first-order valence-electron chi connectivity index (χ1n) is 6.03. The Labute approximate surface area is 127 Å². The Balaban J connectivity index is 2.47. The summed E-state index contributed by atoms with van der Waals surface area (Å²) in [5.41, 5.74) is -6.77. The lowest BCUT2D eigenvalue weighted by molar-refractivity contribution is -0.114. The highest BCUT2D eigenvalue weighted by Gasteiger charge is 2.46. The lowest BCUT2D eigenvalue weighted by atomic mass is 10.2. The van der Waals surface area contributed by atoms with E-state index < -0.39 is 26.8 Å². The number of hydrogen-bond donors (Lipinski definition) is 3. The zero-order valence-corrected chi connectivity index (χ0v) is 12.3. The Hall–Kier alpha value is -2.56. The van der Waals surface area contributed by atoms with E-state index in [1.165, 1.54) is 29.8 Å². The van der Waals surface area contributed by atoms with Crippen LogP contribution in [-0.2, 0) is 14.8 Å². The molecule has 2 aromatic rings. The van der Waals surface area contributed by atoms with E-state index in [1.807, 2.05) is 0 Å². The number of sulfonamides is 1. The molecule has 2 rings (SSSR count). The molecule has 23 heavy (non-hydrogen) atoms. The molecule has 0 bridgehead atoms. The van der Waals surface area contributed by atoms with Crippen LogP contribution >= 0.6 is 0 Å². The maximum atomic E-state index is 12.3. The van der Waals surface area contributed by atoms with Crippen molar-refractivity contribution in [2.45, 2.75) is 12.4 Å². The first-order valence-corrected chi connectivity index (χ1v) is 7.52. The van der Waals surface area contributed by atoms with Crippen LogP contribution in [0.25, 0.3) is 10.9 Å². The predicted molar refractivity (Wildman–Crippen MR) is 77.5 cm³/mol. The molecule has 0 aliphatic rings.